The number of para-hydroxylation sites is 1. The van der Waals surface area contributed by atoms with E-state index in [2.05, 4.69) is 22.8 Å². The van der Waals surface area contributed by atoms with Gasteiger partial charge in [-0.25, -0.2) is 0 Å². The van der Waals surface area contributed by atoms with E-state index in [-0.39, 0.29) is 23.7 Å². The number of rotatable bonds is 6. The highest BCUT2D eigenvalue weighted by Crippen LogP contribution is 2.30. The predicted molar refractivity (Wildman–Crippen MR) is 109 cm³/mol. The lowest BCUT2D eigenvalue weighted by Crippen LogP contribution is -2.36. The number of hydrogen-bond donors (Lipinski definition) is 2. The first-order valence-corrected chi connectivity index (χ1v) is 9.88. The second-order valence-electron chi connectivity index (χ2n) is 7.04. The second-order valence-corrected chi connectivity index (χ2v) is 7.45. The molecule has 0 heterocycles. The third-order valence-corrected chi connectivity index (χ3v) is 5.49. The van der Waals surface area contributed by atoms with E-state index >= 15 is 0 Å². The third kappa shape index (κ3) is 5.57. The SMILES string of the molecule is O=C(NCCc1ccccc1)C1CCC(C(=O)Nc2ccccc2Cl)CC1. The molecule has 0 spiro atoms. The second kappa shape index (κ2) is 9.56. The molecule has 0 atom stereocenters. The molecule has 2 aromatic carbocycles. The van der Waals surface area contributed by atoms with Crippen molar-refractivity contribution in [2.75, 3.05) is 11.9 Å². The van der Waals surface area contributed by atoms with Gasteiger partial charge >= 0.3 is 0 Å². The van der Waals surface area contributed by atoms with E-state index in [1.165, 1.54) is 5.56 Å². The number of anilines is 1. The summed E-state index contributed by atoms with van der Waals surface area (Å²) in [5, 5.41) is 6.48. The molecule has 0 aliphatic heterocycles. The minimum atomic E-state index is -0.0605. The van der Waals surface area contributed by atoms with Crippen LogP contribution in [0.4, 0.5) is 5.69 Å². The Morgan fingerprint density at radius 2 is 1.44 bits per heavy atom. The van der Waals surface area contributed by atoms with E-state index in [0.717, 1.165) is 32.1 Å². The maximum Gasteiger partial charge on any atom is 0.227 e. The molecule has 1 aliphatic rings. The van der Waals surface area contributed by atoms with Crippen molar-refractivity contribution < 1.29 is 9.59 Å². The van der Waals surface area contributed by atoms with E-state index in [1.54, 1.807) is 12.1 Å². The topological polar surface area (TPSA) is 58.2 Å². The largest absolute Gasteiger partial charge is 0.356 e. The Bertz CT molecular complexity index is 771. The molecule has 2 amide bonds. The zero-order valence-corrected chi connectivity index (χ0v) is 16.0. The van der Waals surface area contributed by atoms with Crippen molar-refractivity contribution in [1.82, 2.24) is 5.32 Å². The summed E-state index contributed by atoms with van der Waals surface area (Å²) in [4.78, 5) is 24.8. The number of halogens is 1. The molecule has 27 heavy (non-hydrogen) atoms. The molecule has 0 radical (unpaired) electrons. The van der Waals surface area contributed by atoms with Crippen molar-refractivity contribution in [2.24, 2.45) is 11.8 Å². The van der Waals surface area contributed by atoms with Gasteiger partial charge in [0.05, 0.1) is 10.7 Å². The van der Waals surface area contributed by atoms with Crippen LogP contribution >= 0.6 is 11.6 Å². The first-order chi connectivity index (χ1) is 13.1. The van der Waals surface area contributed by atoms with Crippen LogP contribution in [0, 0.1) is 11.8 Å². The van der Waals surface area contributed by atoms with E-state index < -0.39 is 0 Å². The molecular weight excluding hydrogens is 360 g/mol. The minimum Gasteiger partial charge on any atom is -0.356 e. The van der Waals surface area contributed by atoms with Crippen LogP contribution in [0.25, 0.3) is 0 Å². The molecule has 3 rings (SSSR count). The molecule has 142 valence electrons. The Morgan fingerprint density at radius 3 is 2.11 bits per heavy atom. The van der Waals surface area contributed by atoms with E-state index in [9.17, 15) is 9.59 Å². The first kappa shape index (κ1) is 19.4. The summed E-state index contributed by atoms with van der Waals surface area (Å²) < 4.78 is 0. The maximum atomic E-state index is 12.5. The molecule has 2 aromatic rings. The lowest BCUT2D eigenvalue weighted by atomic mass is 9.81. The Labute approximate surface area is 165 Å². The molecule has 1 fully saturated rings. The molecule has 0 unspecified atom stereocenters. The smallest absolute Gasteiger partial charge is 0.227 e. The molecular formula is C22H25ClN2O2. The van der Waals surface area contributed by atoms with Crippen LogP contribution in [0.3, 0.4) is 0 Å². The van der Waals surface area contributed by atoms with Crippen LogP contribution < -0.4 is 10.6 Å². The lowest BCUT2D eigenvalue weighted by molar-refractivity contribution is -0.128. The number of amides is 2. The standard InChI is InChI=1S/C22H25ClN2O2/c23-19-8-4-5-9-20(19)25-22(27)18-12-10-17(11-13-18)21(26)24-15-14-16-6-2-1-3-7-16/h1-9,17-18H,10-15H2,(H,24,26)(H,25,27). The molecule has 1 aliphatic carbocycles. The molecule has 1 saturated carbocycles. The molecule has 4 nitrogen and oxygen atoms in total. The van der Waals surface area contributed by atoms with Gasteiger partial charge in [0.15, 0.2) is 0 Å². The number of nitrogens with one attached hydrogen (secondary N) is 2. The van der Waals surface area contributed by atoms with Crippen LogP contribution in [0.15, 0.2) is 54.6 Å². The Morgan fingerprint density at radius 1 is 0.852 bits per heavy atom. The van der Waals surface area contributed by atoms with Crippen molar-refractivity contribution in [3.8, 4) is 0 Å². The monoisotopic (exact) mass is 384 g/mol. The Kier molecular flexibility index (Phi) is 6.88. The van der Waals surface area contributed by atoms with Gasteiger partial charge in [-0.1, -0.05) is 54.1 Å². The normalized spacial score (nSPS) is 19.3. The van der Waals surface area contributed by atoms with Crippen LogP contribution in [0.1, 0.15) is 31.2 Å². The molecule has 0 bridgehead atoms. The Hall–Kier alpha value is -2.33. The summed E-state index contributed by atoms with van der Waals surface area (Å²) in [6.07, 6.45) is 3.79. The van der Waals surface area contributed by atoms with Crippen LogP contribution in [-0.4, -0.2) is 18.4 Å². The van der Waals surface area contributed by atoms with Crippen molar-refractivity contribution in [3.63, 3.8) is 0 Å². The summed E-state index contributed by atoms with van der Waals surface area (Å²) >= 11 is 6.10. The lowest BCUT2D eigenvalue weighted by Gasteiger charge is -2.27. The highest BCUT2D eigenvalue weighted by Gasteiger charge is 2.30. The molecule has 5 heteroatoms. The van der Waals surface area contributed by atoms with Crippen molar-refractivity contribution in [1.29, 1.82) is 0 Å². The highest BCUT2D eigenvalue weighted by atomic mass is 35.5. The summed E-state index contributed by atoms with van der Waals surface area (Å²) in [5.74, 6) is 0.0432. The van der Waals surface area contributed by atoms with Crippen LogP contribution in [0.5, 0.6) is 0 Å². The van der Waals surface area contributed by atoms with Crippen molar-refractivity contribution in [3.05, 3.63) is 65.2 Å². The zero-order chi connectivity index (χ0) is 19.1. The summed E-state index contributed by atoms with van der Waals surface area (Å²) in [6, 6.07) is 17.4. The van der Waals surface area contributed by atoms with Gasteiger partial charge in [-0.2, -0.15) is 0 Å². The molecule has 0 saturated heterocycles. The fourth-order valence-corrected chi connectivity index (χ4v) is 3.72. The van der Waals surface area contributed by atoms with Gasteiger partial charge in [-0.15, -0.1) is 0 Å². The van der Waals surface area contributed by atoms with Crippen LogP contribution in [-0.2, 0) is 16.0 Å². The highest BCUT2D eigenvalue weighted by molar-refractivity contribution is 6.33. The quantitative estimate of drug-likeness (QED) is 0.773. The summed E-state index contributed by atoms with van der Waals surface area (Å²) in [6.45, 7) is 0.649. The van der Waals surface area contributed by atoms with Gasteiger partial charge in [-0.3, -0.25) is 9.59 Å². The zero-order valence-electron chi connectivity index (χ0n) is 15.3. The summed E-state index contributed by atoms with van der Waals surface area (Å²) in [5.41, 5.74) is 1.86. The average Bonchev–Trinajstić information content (AvgIpc) is 2.70. The van der Waals surface area contributed by atoms with E-state index in [4.69, 9.17) is 11.6 Å². The predicted octanol–water partition coefficient (Wildman–Crippen LogP) is 4.44. The molecule has 0 aromatic heterocycles. The van der Waals surface area contributed by atoms with Crippen molar-refractivity contribution in [2.45, 2.75) is 32.1 Å². The Balaban J connectivity index is 1.41. The van der Waals surface area contributed by atoms with E-state index in [1.807, 2.05) is 30.3 Å². The van der Waals surface area contributed by atoms with Gasteiger partial charge in [0.25, 0.3) is 0 Å². The number of carbonyl (C=O) groups is 2. The van der Waals surface area contributed by atoms with Crippen LogP contribution in [0.2, 0.25) is 5.02 Å². The van der Waals surface area contributed by atoms with Gasteiger partial charge in [0, 0.05) is 18.4 Å². The average molecular weight is 385 g/mol. The third-order valence-electron chi connectivity index (χ3n) is 5.16. The van der Waals surface area contributed by atoms with Crippen molar-refractivity contribution >= 4 is 29.1 Å². The van der Waals surface area contributed by atoms with E-state index in [0.29, 0.717) is 17.3 Å². The minimum absolute atomic E-state index is 0.00476. The number of benzene rings is 2. The fraction of sp³-hybridized carbons (Fsp3) is 0.364. The number of hydrogen-bond acceptors (Lipinski definition) is 2. The van der Waals surface area contributed by atoms with Gasteiger partial charge < -0.3 is 10.6 Å². The van der Waals surface area contributed by atoms with Gasteiger partial charge in [-0.05, 0) is 49.8 Å². The summed E-state index contributed by atoms with van der Waals surface area (Å²) in [7, 11) is 0. The molecule has 2 N–H and O–H groups in total. The van der Waals surface area contributed by atoms with Gasteiger partial charge in [0.2, 0.25) is 11.8 Å². The first-order valence-electron chi connectivity index (χ1n) is 9.50. The number of carbonyl (C=O) groups excluding carboxylic acids is 2. The van der Waals surface area contributed by atoms with Gasteiger partial charge in [0.1, 0.15) is 0 Å². The fourth-order valence-electron chi connectivity index (χ4n) is 3.53. The maximum absolute atomic E-state index is 12.5.